The molecule has 1 atom stereocenters. The summed E-state index contributed by atoms with van der Waals surface area (Å²) in [5, 5.41) is 6.94. The molecule has 2 aromatic heterocycles. The number of likely N-dealkylation sites (tertiary alicyclic amines) is 1. The van der Waals surface area contributed by atoms with E-state index in [-0.39, 0.29) is 18.3 Å². The fraction of sp³-hybridized carbons (Fsp3) is 0.286. The van der Waals surface area contributed by atoms with Crippen LogP contribution in [0.1, 0.15) is 22.5 Å². The minimum atomic E-state index is -4.47. The standard InChI is InChI=1S/C21H19F3N4O3/c1-30-15-4-2-3-13(9-15)17-11-18(27-26-17)20(29)28-8-6-16(12-28)31-19-10-14(5-7-25-19)21(22,23)24/h2-5,7,9-11,16H,6,8,12H2,1H3,(H,26,27). The first-order valence-corrected chi connectivity index (χ1v) is 9.52. The summed E-state index contributed by atoms with van der Waals surface area (Å²) in [5.41, 5.74) is 0.886. The Balaban J connectivity index is 1.41. The van der Waals surface area contributed by atoms with E-state index in [0.29, 0.717) is 30.1 Å². The number of ether oxygens (including phenoxy) is 2. The number of methoxy groups -OCH3 is 1. The van der Waals surface area contributed by atoms with E-state index in [1.807, 2.05) is 24.3 Å². The van der Waals surface area contributed by atoms with Gasteiger partial charge < -0.3 is 14.4 Å². The lowest BCUT2D eigenvalue weighted by Gasteiger charge is -2.16. The quantitative estimate of drug-likeness (QED) is 0.664. The first kappa shape index (κ1) is 20.7. The molecule has 3 heterocycles. The molecule has 0 spiro atoms. The van der Waals surface area contributed by atoms with Gasteiger partial charge in [-0.3, -0.25) is 9.89 Å². The van der Waals surface area contributed by atoms with Crippen LogP contribution in [0.2, 0.25) is 0 Å². The third-order valence-corrected chi connectivity index (χ3v) is 4.96. The number of aromatic nitrogens is 3. The van der Waals surface area contributed by atoms with Crippen LogP contribution in [0.3, 0.4) is 0 Å². The Morgan fingerprint density at radius 3 is 2.84 bits per heavy atom. The summed E-state index contributed by atoms with van der Waals surface area (Å²) in [6.45, 7) is 0.653. The van der Waals surface area contributed by atoms with Gasteiger partial charge in [0, 0.05) is 30.8 Å². The number of carbonyl (C=O) groups excluding carboxylic acids is 1. The molecule has 1 unspecified atom stereocenters. The number of nitrogens with zero attached hydrogens (tertiary/aromatic N) is 3. The Morgan fingerprint density at radius 1 is 1.23 bits per heavy atom. The van der Waals surface area contributed by atoms with Crippen LogP contribution < -0.4 is 9.47 Å². The molecule has 31 heavy (non-hydrogen) atoms. The molecule has 1 aliphatic rings. The van der Waals surface area contributed by atoms with Crippen molar-refractivity contribution in [3.05, 3.63) is 59.9 Å². The normalized spacial score (nSPS) is 16.4. The van der Waals surface area contributed by atoms with Crippen LogP contribution in [-0.4, -0.2) is 52.3 Å². The van der Waals surface area contributed by atoms with Crippen LogP contribution in [0.4, 0.5) is 13.2 Å². The second-order valence-electron chi connectivity index (χ2n) is 7.06. The lowest BCUT2D eigenvalue weighted by Crippen LogP contribution is -2.31. The first-order chi connectivity index (χ1) is 14.8. The van der Waals surface area contributed by atoms with Crippen molar-refractivity contribution in [1.29, 1.82) is 0 Å². The number of amides is 1. The monoisotopic (exact) mass is 432 g/mol. The van der Waals surface area contributed by atoms with E-state index in [0.717, 1.165) is 23.9 Å². The summed E-state index contributed by atoms with van der Waals surface area (Å²) < 4.78 is 49.3. The van der Waals surface area contributed by atoms with Crippen LogP contribution in [0.25, 0.3) is 11.3 Å². The Labute approximate surface area is 175 Å². The van der Waals surface area contributed by atoms with Gasteiger partial charge in [0.1, 0.15) is 17.5 Å². The Kier molecular flexibility index (Phi) is 5.53. The van der Waals surface area contributed by atoms with Crippen LogP contribution in [0.15, 0.2) is 48.7 Å². The number of pyridine rings is 1. The number of hydrogen-bond donors (Lipinski definition) is 1. The van der Waals surface area contributed by atoms with Gasteiger partial charge in [-0.15, -0.1) is 0 Å². The van der Waals surface area contributed by atoms with Gasteiger partial charge in [-0.05, 0) is 24.3 Å². The van der Waals surface area contributed by atoms with Crippen molar-refractivity contribution in [3.63, 3.8) is 0 Å². The van der Waals surface area contributed by atoms with Gasteiger partial charge in [-0.2, -0.15) is 18.3 Å². The first-order valence-electron chi connectivity index (χ1n) is 9.52. The maximum absolute atomic E-state index is 12.9. The summed E-state index contributed by atoms with van der Waals surface area (Å²) in [4.78, 5) is 18.2. The molecule has 4 rings (SSSR count). The number of halogens is 3. The highest BCUT2D eigenvalue weighted by Crippen LogP contribution is 2.31. The average Bonchev–Trinajstić information content (AvgIpc) is 3.43. The van der Waals surface area contributed by atoms with Crippen LogP contribution >= 0.6 is 0 Å². The minimum absolute atomic E-state index is 0.115. The highest BCUT2D eigenvalue weighted by atomic mass is 19.4. The predicted molar refractivity (Wildman–Crippen MR) is 105 cm³/mol. The van der Waals surface area contributed by atoms with Crippen molar-refractivity contribution < 1.29 is 27.4 Å². The molecule has 1 fully saturated rings. The number of benzene rings is 1. The van der Waals surface area contributed by atoms with Crippen molar-refractivity contribution in [1.82, 2.24) is 20.1 Å². The maximum Gasteiger partial charge on any atom is 0.416 e. The zero-order chi connectivity index (χ0) is 22.0. The molecule has 0 saturated carbocycles. The van der Waals surface area contributed by atoms with Crippen molar-refractivity contribution in [2.45, 2.75) is 18.7 Å². The molecular formula is C21H19F3N4O3. The molecule has 7 nitrogen and oxygen atoms in total. The third-order valence-electron chi connectivity index (χ3n) is 4.96. The molecule has 10 heteroatoms. The second-order valence-corrected chi connectivity index (χ2v) is 7.06. The summed E-state index contributed by atoms with van der Waals surface area (Å²) in [6, 6.07) is 10.7. The molecule has 1 saturated heterocycles. The zero-order valence-electron chi connectivity index (χ0n) is 16.5. The van der Waals surface area contributed by atoms with E-state index in [2.05, 4.69) is 15.2 Å². The summed E-state index contributed by atoms with van der Waals surface area (Å²) in [6.07, 6.45) is -3.37. The van der Waals surface area contributed by atoms with E-state index in [9.17, 15) is 18.0 Å². The molecular weight excluding hydrogens is 413 g/mol. The highest BCUT2D eigenvalue weighted by Gasteiger charge is 2.33. The van der Waals surface area contributed by atoms with Gasteiger partial charge in [-0.25, -0.2) is 4.98 Å². The summed E-state index contributed by atoms with van der Waals surface area (Å²) in [7, 11) is 1.57. The number of H-pyrrole nitrogens is 1. The largest absolute Gasteiger partial charge is 0.497 e. The number of aromatic amines is 1. The van der Waals surface area contributed by atoms with Gasteiger partial charge in [0.15, 0.2) is 0 Å². The number of carbonyl (C=O) groups is 1. The Bertz CT molecular complexity index is 1080. The van der Waals surface area contributed by atoms with Crippen LogP contribution in [-0.2, 0) is 6.18 Å². The van der Waals surface area contributed by atoms with Crippen LogP contribution in [0.5, 0.6) is 11.6 Å². The van der Waals surface area contributed by atoms with E-state index >= 15 is 0 Å². The topological polar surface area (TPSA) is 80.3 Å². The van der Waals surface area contributed by atoms with Gasteiger partial charge in [0.05, 0.1) is 24.9 Å². The number of hydrogen-bond acceptors (Lipinski definition) is 5. The zero-order valence-corrected chi connectivity index (χ0v) is 16.5. The molecule has 1 N–H and O–H groups in total. The fourth-order valence-electron chi connectivity index (χ4n) is 3.36. The van der Waals surface area contributed by atoms with E-state index in [1.165, 1.54) is 0 Å². The SMILES string of the molecule is COc1cccc(-c2cc(C(=O)N3CCC(Oc4cc(C(F)(F)F)ccn4)C3)[nH]n2)c1. The molecule has 162 valence electrons. The van der Waals surface area contributed by atoms with Crippen molar-refractivity contribution in [3.8, 4) is 22.9 Å². The van der Waals surface area contributed by atoms with E-state index in [1.54, 1.807) is 18.1 Å². The third kappa shape index (κ3) is 4.62. The van der Waals surface area contributed by atoms with Gasteiger partial charge >= 0.3 is 6.18 Å². The maximum atomic E-state index is 12.9. The fourth-order valence-corrected chi connectivity index (χ4v) is 3.36. The van der Waals surface area contributed by atoms with E-state index < -0.39 is 17.8 Å². The second kappa shape index (κ2) is 8.29. The van der Waals surface area contributed by atoms with Crippen LogP contribution in [0, 0.1) is 0 Å². The molecule has 3 aromatic rings. The van der Waals surface area contributed by atoms with E-state index in [4.69, 9.17) is 9.47 Å². The van der Waals surface area contributed by atoms with Gasteiger partial charge in [-0.1, -0.05) is 12.1 Å². The molecule has 0 radical (unpaired) electrons. The lowest BCUT2D eigenvalue weighted by atomic mass is 10.1. The van der Waals surface area contributed by atoms with Crippen molar-refractivity contribution in [2.75, 3.05) is 20.2 Å². The lowest BCUT2D eigenvalue weighted by molar-refractivity contribution is -0.137. The number of nitrogens with one attached hydrogen (secondary N) is 1. The number of alkyl halides is 3. The number of rotatable bonds is 5. The molecule has 1 aromatic carbocycles. The predicted octanol–water partition coefficient (Wildman–Crippen LogP) is 3.79. The smallest absolute Gasteiger partial charge is 0.416 e. The molecule has 0 aliphatic carbocycles. The summed E-state index contributed by atoms with van der Waals surface area (Å²) in [5.74, 6) is 0.303. The van der Waals surface area contributed by atoms with Crippen molar-refractivity contribution >= 4 is 5.91 Å². The van der Waals surface area contributed by atoms with Gasteiger partial charge in [0.25, 0.3) is 5.91 Å². The molecule has 1 amide bonds. The molecule has 1 aliphatic heterocycles. The Hall–Kier alpha value is -3.56. The minimum Gasteiger partial charge on any atom is -0.497 e. The average molecular weight is 432 g/mol. The van der Waals surface area contributed by atoms with Gasteiger partial charge in [0.2, 0.25) is 5.88 Å². The highest BCUT2D eigenvalue weighted by molar-refractivity contribution is 5.93. The summed E-state index contributed by atoms with van der Waals surface area (Å²) >= 11 is 0. The Morgan fingerprint density at radius 2 is 2.06 bits per heavy atom. The van der Waals surface area contributed by atoms with Crippen molar-refractivity contribution in [2.24, 2.45) is 0 Å². The molecule has 0 bridgehead atoms.